The minimum absolute atomic E-state index is 0.0582. The van der Waals surface area contributed by atoms with Crippen molar-refractivity contribution in [3.05, 3.63) is 35.9 Å². The van der Waals surface area contributed by atoms with Crippen molar-refractivity contribution in [2.24, 2.45) is 5.92 Å². The number of benzene rings is 1. The average Bonchev–Trinajstić information content (AvgIpc) is 3.47. The number of carbonyl (C=O) groups is 2. The molecule has 26 heavy (non-hydrogen) atoms. The van der Waals surface area contributed by atoms with Crippen LogP contribution in [0.4, 0.5) is 0 Å². The van der Waals surface area contributed by atoms with Crippen molar-refractivity contribution < 1.29 is 9.59 Å². The molecule has 1 aliphatic heterocycles. The molecule has 3 aliphatic rings. The van der Waals surface area contributed by atoms with E-state index in [0.29, 0.717) is 25.4 Å². The monoisotopic (exact) mass is 354 g/mol. The maximum atomic E-state index is 13.0. The molecule has 4 rings (SSSR count). The fourth-order valence-electron chi connectivity index (χ4n) is 4.71. The number of nitrogens with zero attached hydrogens (tertiary/aromatic N) is 1. The van der Waals surface area contributed by atoms with Gasteiger partial charge in [-0.1, -0.05) is 56.0 Å². The lowest BCUT2D eigenvalue weighted by Crippen LogP contribution is -2.51. The Balaban J connectivity index is 1.41. The highest BCUT2D eigenvalue weighted by molar-refractivity contribution is 5.84. The minimum atomic E-state index is -0.160. The van der Waals surface area contributed by atoms with Gasteiger partial charge in [0.1, 0.15) is 0 Å². The average molecular weight is 354 g/mol. The predicted molar refractivity (Wildman–Crippen MR) is 101 cm³/mol. The van der Waals surface area contributed by atoms with E-state index in [9.17, 15) is 9.59 Å². The first kappa shape index (κ1) is 17.6. The maximum absolute atomic E-state index is 13.0. The van der Waals surface area contributed by atoms with Gasteiger partial charge in [0.05, 0.1) is 11.5 Å². The van der Waals surface area contributed by atoms with E-state index >= 15 is 0 Å². The second-order valence-corrected chi connectivity index (χ2v) is 8.36. The number of likely N-dealkylation sites (tertiary alicyclic amines) is 1. The zero-order valence-corrected chi connectivity index (χ0v) is 15.6. The largest absolute Gasteiger partial charge is 0.346 e. The Morgan fingerprint density at radius 3 is 2.35 bits per heavy atom. The number of nitrogens with one attached hydrogen (secondary N) is 1. The first-order chi connectivity index (χ1) is 12.7. The Labute approximate surface area is 156 Å². The van der Waals surface area contributed by atoms with Gasteiger partial charge in [-0.3, -0.25) is 9.59 Å². The van der Waals surface area contributed by atoms with E-state index in [0.717, 1.165) is 25.7 Å². The summed E-state index contributed by atoms with van der Waals surface area (Å²) in [4.78, 5) is 27.5. The van der Waals surface area contributed by atoms with Gasteiger partial charge in [-0.05, 0) is 37.7 Å². The normalized spacial score (nSPS) is 26.2. The molecule has 1 saturated heterocycles. The molecular weight excluding hydrogens is 324 g/mol. The Hall–Kier alpha value is -1.84. The van der Waals surface area contributed by atoms with E-state index in [4.69, 9.17) is 0 Å². The lowest BCUT2D eigenvalue weighted by molar-refractivity contribution is -0.141. The summed E-state index contributed by atoms with van der Waals surface area (Å²) in [6.07, 6.45) is 10.4. The van der Waals surface area contributed by atoms with Gasteiger partial charge in [0.25, 0.3) is 0 Å². The Kier molecular flexibility index (Phi) is 5.01. The van der Waals surface area contributed by atoms with E-state index < -0.39 is 0 Å². The second-order valence-electron chi connectivity index (χ2n) is 8.36. The van der Waals surface area contributed by atoms with Gasteiger partial charge >= 0.3 is 0 Å². The highest BCUT2D eigenvalue weighted by Crippen LogP contribution is 2.45. The van der Waals surface area contributed by atoms with Crippen LogP contribution >= 0.6 is 0 Å². The fourth-order valence-corrected chi connectivity index (χ4v) is 4.71. The number of piperidine rings is 1. The molecule has 1 heterocycles. The summed E-state index contributed by atoms with van der Waals surface area (Å²) in [5.41, 5.74) is 1.05. The third-order valence-corrected chi connectivity index (χ3v) is 6.52. The molecule has 2 saturated carbocycles. The molecule has 4 nitrogen and oxygen atoms in total. The summed E-state index contributed by atoms with van der Waals surface area (Å²) in [6, 6.07) is 10.7. The summed E-state index contributed by atoms with van der Waals surface area (Å²) in [7, 11) is 0. The number of hydrogen-bond acceptors (Lipinski definition) is 2. The maximum Gasteiger partial charge on any atom is 0.225 e. The van der Waals surface area contributed by atoms with Gasteiger partial charge < -0.3 is 10.2 Å². The summed E-state index contributed by atoms with van der Waals surface area (Å²) in [5, 5.41) is 3.33. The standard InChI is InChI=1S/C22H30N2O2/c25-20-13-12-17(16-24(20)19-10-6-1-2-7-11-19)21(26)23-22(14-15-22)18-8-4-3-5-9-18/h3-5,8-9,17,19H,1-2,6-7,10-16H2,(H,23,26). The molecular formula is C22H30N2O2. The zero-order chi connectivity index (χ0) is 18.0. The van der Waals surface area contributed by atoms with Crippen molar-refractivity contribution in [1.82, 2.24) is 10.2 Å². The highest BCUT2D eigenvalue weighted by Gasteiger charge is 2.47. The van der Waals surface area contributed by atoms with Gasteiger partial charge in [0, 0.05) is 19.0 Å². The van der Waals surface area contributed by atoms with Crippen LogP contribution in [0.5, 0.6) is 0 Å². The SMILES string of the molecule is O=C(NC1(c2ccccc2)CC1)C1CCC(=O)N(C2CCCCCC2)C1. The molecule has 0 bridgehead atoms. The molecule has 1 atom stereocenters. The second kappa shape index (κ2) is 7.42. The van der Waals surface area contributed by atoms with Crippen LogP contribution in [0.1, 0.15) is 69.8 Å². The molecule has 0 radical (unpaired) electrons. The topological polar surface area (TPSA) is 49.4 Å². The van der Waals surface area contributed by atoms with Crippen LogP contribution in [-0.2, 0) is 15.1 Å². The van der Waals surface area contributed by atoms with Crippen LogP contribution in [0.25, 0.3) is 0 Å². The molecule has 0 spiro atoms. The van der Waals surface area contributed by atoms with Crippen LogP contribution in [0.2, 0.25) is 0 Å². The Bertz CT molecular complexity index is 645. The fraction of sp³-hybridized carbons (Fsp3) is 0.636. The number of amides is 2. The molecule has 2 aliphatic carbocycles. The lowest BCUT2D eigenvalue weighted by Gasteiger charge is -2.38. The van der Waals surface area contributed by atoms with E-state index in [1.54, 1.807) is 0 Å². The van der Waals surface area contributed by atoms with Gasteiger partial charge in [-0.2, -0.15) is 0 Å². The van der Waals surface area contributed by atoms with Crippen LogP contribution in [-0.4, -0.2) is 29.3 Å². The smallest absolute Gasteiger partial charge is 0.225 e. The van der Waals surface area contributed by atoms with Crippen molar-refractivity contribution in [3.8, 4) is 0 Å². The molecule has 1 unspecified atom stereocenters. The van der Waals surface area contributed by atoms with Gasteiger partial charge in [0.15, 0.2) is 0 Å². The van der Waals surface area contributed by atoms with Crippen molar-refractivity contribution in [2.75, 3.05) is 6.54 Å². The first-order valence-corrected chi connectivity index (χ1v) is 10.3. The molecule has 0 aromatic heterocycles. The third-order valence-electron chi connectivity index (χ3n) is 6.52. The molecule has 1 aromatic carbocycles. The van der Waals surface area contributed by atoms with Gasteiger partial charge in [0.2, 0.25) is 11.8 Å². The quantitative estimate of drug-likeness (QED) is 0.837. The first-order valence-electron chi connectivity index (χ1n) is 10.3. The van der Waals surface area contributed by atoms with E-state index in [2.05, 4.69) is 17.4 Å². The van der Waals surface area contributed by atoms with Gasteiger partial charge in [-0.15, -0.1) is 0 Å². The molecule has 1 N–H and O–H groups in total. The summed E-state index contributed by atoms with van der Waals surface area (Å²) in [6.45, 7) is 0.611. The molecule has 2 amide bonds. The van der Waals surface area contributed by atoms with E-state index in [1.165, 1.54) is 31.2 Å². The summed E-state index contributed by atoms with van der Waals surface area (Å²) in [5.74, 6) is 0.333. The Morgan fingerprint density at radius 2 is 1.69 bits per heavy atom. The van der Waals surface area contributed by atoms with E-state index in [1.807, 2.05) is 23.1 Å². The summed E-state index contributed by atoms with van der Waals surface area (Å²) < 4.78 is 0. The van der Waals surface area contributed by atoms with Gasteiger partial charge in [-0.25, -0.2) is 0 Å². The van der Waals surface area contributed by atoms with Crippen molar-refractivity contribution in [3.63, 3.8) is 0 Å². The van der Waals surface area contributed by atoms with Crippen molar-refractivity contribution >= 4 is 11.8 Å². The zero-order valence-electron chi connectivity index (χ0n) is 15.6. The Morgan fingerprint density at radius 1 is 1.00 bits per heavy atom. The van der Waals surface area contributed by atoms with Crippen LogP contribution in [0.3, 0.4) is 0 Å². The summed E-state index contributed by atoms with van der Waals surface area (Å²) >= 11 is 0. The van der Waals surface area contributed by atoms with Crippen LogP contribution in [0, 0.1) is 5.92 Å². The highest BCUT2D eigenvalue weighted by atomic mass is 16.2. The molecule has 1 aromatic rings. The van der Waals surface area contributed by atoms with Crippen LogP contribution < -0.4 is 5.32 Å². The molecule has 140 valence electrons. The van der Waals surface area contributed by atoms with Crippen molar-refractivity contribution in [1.29, 1.82) is 0 Å². The number of rotatable bonds is 4. The third kappa shape index (κ3) is 3.65. The molecule has 4 heteroatoms. The molecule has 3 fully saturated rings. The number of carbonyl (C=O) groups excluding carboxylic acids is 2. The minimum Gasteiger partial charge on any atom is -0.346 e. The van der Waals surface area contributed by atoms with E-state index in [-0.39, 0.29) is 23.3 Å². The number of hydrogen-bond donors (Lipinski definition) is 1. The van der Waals surface area contributed by atoms with Crippen LogP contribution in [0.15, 0.2) is 30.3 Å². The lowest BCUT2D eigenvalue weighted by atomic mass is 9.92. The van der Waals surface area contributed by atoms with Crippen molar-refractivity contribution in [2.45, 2.75) is 75.8 Å². The predicted octanol–water partition coefficient (Wildman–Crippen LogP) is 3.75.